The average Bonchev–Trinajstić information content (AvgIpc) is 3.22. The smallest absolute Gasteiger partial charge is 0.247 e. The van der Waals surface area contributed by atoms with Crippen molar-refractivity contribution in [1.82, 2.24) is 20.6 Å². The SMILES string of the molecule is Nc1nonc1CC(=O)CN=CCCCC=NCC(=O)Nc1nonc1N. The molecule has 0 aliphatic carbocycles. The average molecular weight is 377 g/mol. The molecule has 0 saturated carbocycles. The van der Waals surface area contributed by atoms with Crippen molar-refractivity contribution in [2.75, 3.05) is 29.9 Å². The summed E-state index contributed by atoms with van der Waals surface area (Å²) in [4.78, 5) is 31.3. The number of Topliss-reactive ketones (excluding diaryl/α,β-unsaturated/α-hetero) is 1. The minimum atomic E-state index is -0.378. The van der Waals surface area contributed by atoms with Gasteiger partial charge in [-0.2, -0.15) is 0 Å². The third-order valence-corrected chi connectivity index (χ3v) is 3.15. The Kier molecular flexibility index (Phi) is 7.56. The minimum absolute atomic E-state index is 0.00580. The zero-order valence-corrected chi connectivity index (χ0v) is 14.4. The summed E-state index contributed by atoms with van der Waals surface area (Å²) in [5.41, 5.74) is 11.2. The van der Waals surface area contributed by atoms with Gasteiger partial charge in [0.2, 0.25) is 17.5 Å². The second-order valence-corrected chi connectivity index (χ2v) is 5.34. The Morgan fingerprint density at radius 3 is 2.26 bits per heavy atom. The first-order valence-electron chi connectivity index (χ1n) is 7.99. The maximum atomic E-state index is 11.7. The van der Waals surface area contributed by atoms with Gasteiger partial charge in [-0.3, -0.25) is 19.6 Å². The molecule has 0 aliphatic rings. The lowest BCUT2D eigenvalue weighted by Crippen LogP contribution is -2.16. The molecule has 0 atom stereocenters. The Morgan fingerprint density at radius 2 is 1.63 bits per heavy atom. The van der Waals surface area contributed by atoms with E-state index in [2.05, 4.69) is 45.2 Å². The van der Waals surface area contributed by atoms with Crippen molar-refractivity contribution in [3.05, 3.63) is 5.69 Å². The number of hydrogen-bond acceptors (Lipinski definition) is 12. The largest absolute Gasteiger partial charge is 0.379 e. The standard InChI is InChI=1S/C14H19N9O4/c15-12-10(20-26-21-12)6-9(24)7-17-4-2-1-3-5-18-8-11(25)19-14-13(16)22-27-23-14/h4-5H,1-3,6-8H2,(H2,15,21)(H2,16,22)(H,19,23,25). The van der Waals surface area contributed by atoms with E-state index in [1.807, 2.05) is 0 Å². The van der Waals surface area contributed by atoms with E-state index in [-0.39, 0.29) is 48.7 Å². The number of rotatable bonds is 11. The predicted octanol–water partition coefficient (Wildman–Crippen LogP) is -0.321. The summed E-state index contributed by atoms with van der Waals surface area (Å²) >= 11 is 0. The Labute approximate surface area is 153 Å². The summed E-state index contributed by atoms with van der Waals surface area (Å²) < 4.78 is 8.77. The molecular formula is C14H19N9O4. The van der Waals surface area contributed by atoms with E-state index in [0.717, 1.165) is 6.42 Å². The molecule has 0 fully saturated rings. The quantitative estimate of drug-likeness (QED) is 0.344. The van der Waals surface area contributed by atoms with Crippen molar-refractivity contribution in [2.45, 2.75) is 25.7 Å². The molecule has 5 N–H and O–H groups in total. The number of nitrogens with two attached hydrogens (primary N) is 2. The highest BCUT2D eigenvalue weighted by molar-refractivity contribution is 5.93. The van der Waals surface area contributed by atoms with Crippen LogP contribution in [0.4, 0.5) is 17.5 Å². The molecule has 13 heteroatoms. The van der Waals surface area contributed by atoms with E-state index in [9.17, 15) is 9.59 Å². The molecule has 144 valence electrons. The van der Waals surface area contributed by atoms with Gasteiger partial charge in [-0.05, 0) is 47.2 Å². The number of nitrogen functional groups attached to an aromatic ring is 2. The molecule has 2 heterocycles. The molecule has 0 spiro atoms. The van der Waals surface area contributed by atoms with Gasteiger partial charge < -0.3 is 16.8 Å². The number of anilines is 3. The number of unbranched alkanes of at least 4 members (excludes halogenated alkanes) is 2. The van der Waals surface area contributed by atoms with Crippen molar-refractivity contribution in [1.29, 1.82) is 0 Å². The van der Waals surface area contributed by atoms with Crippen LogP contribution in [0, 0.1) is 0 Å². The van der Waals surface area contributed by atoms with E-state index in [0.29, 0.717) is 18.5 Å². The number of nitrogens with one attached hydrogen (secondary N) is 1. The summed E-state index contributed by atoms with van der Waals surface area (Å²) in [5, 5.41) is 16.1. The highest BCUT2D eigenvalue weighted by Crippen LogP contribution is 2.09. The molecule has 2 rings (SSSR count). The maximum absolute atomic E-state index is 11.7. The van der Waals surface area contributed by atoms with Crippen LogP contribution in [0.3, 0.4) is 0 Å². The van der Waals surface area contributed by atoms with Gasteiger partial charge in [-0.1, -0.05) is 5.16 Å². The first-order valence-corrected chi connectivity index (χ1v) is 7.99. The Bertz CT molecular complexity index is 745. The molecule has 13 nitrogen and oxygen atoms in total. The van der Waals surface area contributed by atoms with Crippen LogP contribution in [0.15, 0.2) is 19.2 Å². The number of carbonyl (C=O) groups excluding carboxylic acids is 2. The van der Waals surface area contributed by atoms with Gasteiger partial charge in [0.1, 0.15) is 12.2 Å². The predicted molar refractivity (Wildman–Crippen MR) is 95.3 cm³/mol. The molecule has 0 radical (unpaired) electrons. The minimum Gasteiger partial charge on any atom is -0.379 e. The van der Waals surface area contributed by atoms with E-state index >= 15 is 0 Å². The monoisotopic (exact) mass is 377 g/mol. The van der Waals surface area contributed by atoms with Gasteiger partial charge >= 0.3 is 0 Å². The van der Waals surface area contributed by atoms with E-state index in [1.165, 1.54) is 0 Å². The van der Waals surface area contributed by atoms with Crippen LogP contribution in [0.2, 0.25) is 0 Å². The number of hydrogen-bond donors (Lipinski definition) is 3. The number of amides is 1. The van der Waals surface area contributed by atoms with Crippen LogP contribution in [-0.2, 0) is 16.0 Å². The molecule has 0 bridgehead atoms. The zero-order valence-electron chi connectivity index (χ0n) is 14.4. The topological polar surface area (TPSA) is 201 Å². The summed E-state index contributed by atoms with van der Waals surface area (Å²) in [7, 11) is 0. The second kappa shape index (κ2) is 10.4. The van der Waals surface area contributed by atoms with E-state index in [4.69, 9.17) is 11.5 Å². The van der Waals surface area contributed by atoms with Crippen LogP contribution in [0.5, 0.6) is 0 Å². The van der Waals surface area contributed by atoms with Crippen LogP contribution in [0.1, 0.15) is 25.0 Å². The third kappa shape index (κ3) is 7.01. The Balaban J connectivity index is 1.52. The van der Waals surface area contributed by atoms with Gasteiger partial charge in [-0.25, -0.2) is 9.26 Å². The summed E-state index contributed by atoms with van der Waals surface area (Å²) in [5.74, 6) is -0.322. The van der Waals surface area contributed by atoms with Crippen molar-refractivity contribution in [2.24, 2.45) is 9.98 Å². The van der Waals surface area contributed by atoms with Crippen molar-refractivity contribution in [3.63, 3.8) is 0 Å². The molecule has 1 amide bonds. The molecule has 2 aromatic rings. The number of ketones is 1. The zero-order chi connectivity index (χ0) is 19.5. The normalized spacial score (nSPS) is 11.4. The molecule has 2 aromatic heterocycles. The molecule has 0 aliphatic heterocycles. The van der Waals surface area contributed by atoms with Gasteiger partial charge in [0, 0.05) is 0 Å². The lowest BCUT2D eigenvalue weighted by Gasteiger charge is -1.97. The second-order valence-electron chi connectivity index (χ2n) is 5.34. The first-order chi connectivity index (χ1) is 13.1. The van der Waals surface area contributed by atoms with Crippen LogP contribution < -0.4 is 16.8 Å². The fourth-order valence-electron chi connectivity index (χ4n) is 1.83. The number of carbonyl (C=O) groups is 2. The Hall–Kier alpha value is -3.64. The van der Waals surface area contributed by atoms with Crippen LogP contribution in [0.25, 0.3) is 0 Å². The van der Waals surface area contributed by atoms with E-state index < -0.39 is 0 Å². The van der Waals surface area contributed by atoms with Gasteiger partial charge in [0.05, 0.1) is 13.0 Å². The summed E-state index contributed by atoms with van der Waals surface area (Å²) in [6, 6.07) is 0. The lowest BCUT2D eigenvalue weighted by atomic mass is 10.2. The fourth-order valence-corrected chi connectivity index (χ4v) is 1.83. The van der Waals surface area contributed by atoms with Crippen molar-refractivity contribution in [3.8, 4) is 0 Å². The molecular weight excluding hydrogens is 358 g/mol. The Morgan fingerprint density at radius 1 is 0.963 bits per heavy atom. The highest BCUT2D eigenvalue weighted by Gasteiger charge is 2.11. The number of nitrogens with zero attached hydrogens (tertiary/aromatic N) is 6. The van der Waals surface area contributed by atoms with Crippen molar-refractivity contribution < 1.29 is 18.8 Å². The molecule has 0 aromatic carbocycles. The van der Waals surface area contributed by atoms with Crippen LogP contribution >= 0.6 is 0 Å². The molecule has 0 unspecified atom stereocenters. The first kappa shape index (κ1) is 19.7. The maximum Gasteiger partial charge on any atom is 0.247 e. The molecule has 27 heavy (non-hydrogen) atoms. The van der Waals surface area contributed by atoms with E-state index in [1.54, 1.807) is 12.4 Å². The number of aliphatic imine (C=N–C) groups is 2. The third-order valence-electron chi connectivity index (χ3n) is 3.15. The molecule has 0 saturated heterocycles. The van der Waals surface area contributed by atoms with Crippen LogP contribution in [-0.4, -0.2) is 57.8 Å². The van der Waals surface area contributed by atoms with Gasteiger partial charge in [0.25, 0.3) is 0 Å². The summed E-state index contributed by atoms with van der Waals surface area (Å²) in [6.45, 7) is -0.0183. The summed E-state index contributed by atoms with van der Waals surface area (Å²) in [6.07, 6.45) is 5.48. The van der Waals surface area contributed by atoms with Gasteiger partial charge in [0.15, 0.2) is 11.6 Å². The van der Waals surface area contributed by atoms with Gasteiger partial charge in [-0.15, -0.1) is 0 Å². The fraction of sp³-hybridized carbons (Fsp3) is 0.429. The van der Waals surface area contributed by atoms with Crippen molar-refractivity contribution >= 4 is 41.6 Å². The lowest BCUT2D eigenvalue weighted by molar-refractivity contribution is -0.117. The number of aromatic nitrogens is 4. The highest BCUT2D eigenvalue weighted by atomic mass is 16.6.